The molecule has 4 saturated carbocycles. The monoisotopic (exact) mass is 473 g/mol. The molecule has 0 radical (unpaired) electrons. The first kappa shape index (κ1) is 22.2. The molecule has 0 saturated heterocycles. The summed E-state index contributed by atoms with van der Waals surface area (Å²) in [6, 6.07) is 12.6. The third-order valence-electron chi connectivity index (χ3n) is 8.19. The number of imide groups is 1. The molecule has 0 N–H and O–H groups in total. The Morgan fingerprint density at radius 3 is 2.06 bits per heavy atom. The number of fused-ring (bicyclic) bond motifs is 1. The molecule has 0 unspecified atom stereocenters. The lowest BCUT2D eigenvalue weighted by atomic mass is 9.54. The molecule has 35 heavy (non-hydrogen) atoms. The molecular weight excluding hydrogens is 442 g/mol. The Bertz CT molecular complexity index is 1150. The van der Waals surface area contributed by atoms with Crippen molar-refractivity contribution in [2.75, 3.05) is 20.4 Å². The van der Waals surface area contributed by atoms with Gasteiger partial charge in [0, 0.05) is 11.6 Å². The molecule has 6 nitrogen and oxygen atoms in total. The zero-order valence-corrected chi connectivity index (χ0v) is 20.3. The van der Waals surface area contributed by atoms with Gasteiger partial charge in [0.05, 0.1) is 24.8 Å². The van der Waals surface area contributed by atoms with Crippen LogP contribution in [-0.4, -0.2) is 37.2 Å². The van der Waals surface area contributed by atoms with Crippen molar-refractivity contribution < 1.29 is 23.8 Å². The van der Waals surface area contributed by atoms with E-state index in [2.05, 4.69) is 0 Å². The van der Waals surface area contributed by atoms with Gasteiger partial charge in [0.25, 0.3) is 11.8 Å². The number of ether oxygens (including phenoxy) is 3. The topological polar surface area (TPSA) is 65.1 Å². The van der Waals surface area contributed by atoms with E-state index in [0.29, 0.717) is 41.1 Å². The number of amides is 2. The number of nitrogens with zero attached hydrogens (tertiary/aromatic N) is 1. The molecule has 4 bridgehead atoms. The zero-order chi connectivity index (χ0) is 24.1. The van der Waals surface area contributed by atoms with Gasteiger partial charge in [-0.15, -0.1) is 0 Å². The predicted octanol–water partition coefficient (Wildman–Crippen LogP) is 5.53. The van der Waals surface area contributed by atoms with E-state index in [1.807, 2.05) is 19.1 Å². The van der Waals surface area contributed by atoms with E-state index in [1.165, 1.54) is 37.7 Å². The number of allylic oxidation sites excluding steroid dienone is 1. The molecule has 6 heteroatoms. The van der Waals surface area contributed by atoms with E-state index in [1.54, 1.807) is 37.4 Å². The minimum absolute atomic E-state index is 0.159. The van der Waals surface area contributed by atoms with Gasteiger partial charge in [-0.3, -0.25) is 9.59 Å². The van der Waals surface area contributed by atoms with Crippen molar-refractivity contribution in [2.24, 2.45) is 23.7 Å². The summed E-state index contributed by atoms with van der Waals surface area (Å²) in [4.78, 5) is 26.6. The Labute approximate surface area is 205 Å². The normalized spacial score (nSPS) is 26.2. The molecule has 4 aliphatic carbocycles. The standard InChI is InChI=1S/C29H31NO5/c1-3-34-27(26-19-9-17-8-18(11-19)12-20(26)10-17)21-13-22(33-2)15-23(14-21)35-16-30-28(31)24-6-4-5-7-25(24)29(30)32/h4-7,13-15,17-20H,3,8-12,16H2,1-2H3. The van der Waals surface area contributed by atoms with Gasteiger partial charge in [0.1, 0.15) is 17.3 Å². The lowest BCUT2D eigenvalue weighted by Crippen LogP contribution is -2.41. The Morgan fingerprint density at radius 2 is 1.49 bits per heavy atom. The van der Waals surface area contributed by atoms with Gasteiger partial charge < -0.3 is 14.2 Å². The van der Waals surface area contributed by atoms with Gasteiger partial charge in [0.15, 0.2) is 6.73 Å². The molecule has 2 aromatic rings. The maximum absolute atomic E-state index is 12.7. The van der Waals surface area contributed by atoms with Crippen molar-refractivity contribution in [2.45, 2.75) is 39.0 Å². The van der Waals surface area contributed by atoms with Crippen LogP contribution in [0.1, 0.15) is 65.3 Å². The first-order valence-electron chi connectivity index (χ1n) is 12.7. The van der Waals surface area contributed by atoms with Gasteiger partial charge in [-0.1, -0.05) is 12.1 Å². The molecule has 5 aliphatic rings. The average Bonchev–Trinajstić information content (AvgIpc) is 3.10. The quantitative estimate of drug-likeness (QED) is 0.391. The van der Waals surface area contributed by atoms with Gasteiger partial charge in [-0.25, -0.2) is 4.90 Å². The number of hydrogen-bond donors (Lipinski definition) is 0. The maximum Gasteiger partial charge on any atom is 0.264 e. The van der Waals surface area contributed by atoms with Crippen LogP contribution in [0.5, 0.6) is 11.5 Å². The molecule has 2 aromatic carbocycles. The SMILES string of the molecule is CCOC(=C1C2CC3CC(C2)CC1C3)c1cc(OC)cc(OCN2C(=O)c3ccccc3C2=O)c1. The molecule has 182 valence electrons. The summed E-state index contributed by atoms with van der Waals surface area (Å²) in [5, 5.41) is 0. The van der Waals surface area contributed by atoms with Gasteiger partial charge in [-0.2, -0.15) is 0 Å². The number of methoxy groups -OCH3 is 1. The largest absolute Gasteiger partial charge is 0.497 e. The summed E-state index contributed by atoms with van der Waals surface area (Å²) in [7, 11) is 1.63. The highest BCUT2D eigenvalue weighted by atomic mass is 16.5. The second-order valence-corrected chi connectivity index (χ2v) is 10.3. The fourth-order valence-electron chi connectivity index (χ4n) is 6.94. The number of benzene rings is 2. The maximum atomic E-state index is 12.7. The van der Waals surface area contributed by atoms with Gasteiger partial charge >= 0.3 is 0 Å². The number of carbonyl (C=O) groups is 2. The van der Waals surface area contributed by atoms with Crippen molar-refractivity contribution >= 4 is 17.6 Å². The summed E-state index contributed by atoms with van der Waals surface area (Å²) in [6.45, 7) is 2.46. The molecule has 1 aliphatic heterocycles. The van der Waals surface area contributed by atoms with Crippen molar-refractivity contribution in [3.63, 3.8) is 0 Å². The van der Waals surface area contributed by atoms with Crippen molar-refractivity contribution in [1.29, 1.82) is 0 Å². The lowest BCUT2D eigenvalue weighted by molar-refractivity contribution is 0.0522. The summed E-state index contributed by atoms with van der Waals surface area (Å²) in [5.74, 6) is 4.42. The Kier molecular flexibility index (Phi) is 5.54. The fourth-order valence-corrected chi connectivity index (χ4v) is 6.94. The van der Waals surface area contributed by atoms with Gasteiger partial charge in [-0.05, 0) is 92.5 Å². The minimum Gasteiger partial charge on any atom is -0.497 e. The molecular formula is C29H31NO5. The Morgan fingerprint density at radius 1 is 0.886 bits per heavy atom. The van der Waals surface area contributed by atoms with Crippen LogP contribution in [0.3, 0.4) is 0 Å². The second kappa shape index (κ2) is 8.74. The summed E-state index contributed by atoms with van der Waals surface area (Å²) in [5.41, 5.74) is 3.24. The fraction of sp³-hybridized carbons (Fsp3) is 0.448. The van der Waals surface area contributed by atoms with Crippen LogP contribution < -0.4 is 9.47 Å². The van der Waals surface area contributed by atoms with Crippen LogP contribution in [0.25, 0.3) is 5.76 Å². The van der Waals surface area contributed by atoms with E-state index in [9.17, 15) is 9.59 Å². The molecule has 4 fully saturated rings. The molecule has 0 atom stereocenters. The highest BCUT2D eigenvalue weighted by Crippen LogP contribution is 2.58. The van der Waals surface area contributed by atoms with Crippen LogP contribution in [0.4, 0.5) is 0 Å². The van der Waals surface area contributed by atoms with E-state index in [0.717, 1.165) is 28.1 Å². The van der Waals surface area contributed by atoms with Crippen molar-refractivity contribution in [3.05, 3.63) is 64.7 Å². The third-order valence-corrected chi connectivity index (χ3v) is 8.19. The van der Waals surface area contributed by atoms with E-state index >= 15 is 0 Å². The first-order chi connectivity index (χ1) is 17.1. The number of carbonyl (C=O) groups excluding carboxylic acids is 2. The highest BCUT2D eigenvalue weighted by Gasteiger charge is 2.47. The van der Waals surface area contributed by atoms with Crippen LogP contribution in [-0.2, 0) is 4.74 Å². The van der Waals surface area contributed by atoms with Gasteiger partial charge in [0.2, 0.25) is 0 Å². The third kappa shape index (κ3) is 3.79. The number of rotatable bonds is 7. The lowest BCUT2D eigenvalue weighted by Gasteiger charge is -2.51. The molecule has 0 spiro atoms. The van der Waals surface area contributed by atoms with Crippen LogP contribution in [0, 0.1) is 23.7 Å². The average molecular weight is 474 g/mol. The predicted molar refractivity (Wildman–Crippen MR) is 131 cm³/mol. The highest BCUT2D eigenvalue weighted by molar-refractivity contribution is 6.21. The second-order valence-electron chi connectivity index (χ2n) is 10.3. The Hall–Kier alpha value is -3.28. The Balaban J connectivity index is 1.30. The minimum atomic E-state index is -0.334. The summed E-state index contributed by atoms with van der Waals surface area (Å²) < 4.78 is 17.9. The summed E-state index contributed by atoms with van der Waals surface area (Å²) in [6.07, 6.45) is 6.48. The van der Waals surface area contributed by atoms with E-state index in [4.69, 9.17) is 14.2 Å². The molecule has 7 rings (SSSR count). The first-order valence-corrected chi connectivity index (χ1v) is 12.7. The zero-order valence-electron chi connectivity index (χ0n) is 20.3. The van der Waals surface area contributed by atoms with Crippen molar-refractivity contribution in [1.82, 2.24) is 4.90 Å². The van der Waals surface area contributed by atoms with E-state index < -0.39 is 0 Å². The van der Waals surface area contributed by atoms with E-state index in [-0.39, 0.29) is 18.5 Å². The van der Waals surface area contributed by atoms with Crippen LogP contribution in [0.2, 0.25) is 0 Å². The molecule has 2 amide bonds. The number of hydrogen-bond acceptors (Lipinski definition) is 5. The summed E-state index contributed by atoms with van der Waals surface area (Å²) >= 11 is 0. The molecule has 1 heterocycles. The van der Waals surface area contributed by atoms with Crippen LogP contribution in [0.15, 0.2) is 48.0 Å². The smallest absolute Gasteiger partial charge is 0.264 e. The van der Waals surface area contributed by atoms with Crippen LogP contribution >= 0.6 is 0 Å². The molecule has 0 aromatic heterocycles. The van der Waals surface area contributed by atoms with Crippen molar-refractivity contribution in [3.8, 4) is 11.5 Å².